The van der Waals surface area contributed by atoms with E-state index < -0.39 is 58.1 Å². The number of aromatic hydroxyl groups is 1. The number of amides is 2. The molecule has 0 aliphatic carbocycles. The number of nitrogens with one attached hydrogen (secondary N) is 2. The van der Waals surface area contributed by atoms with Crippen molar-refractivity contribution in [3.8, 4) is 5.75 Å². The number of fused-ring (bicyclic) bond motifs is 1. The van der Waals surface area contributed by atoms with Gasteiger partial charge in [-0.1, -0.05) is 19.8 Å². The van der Waals surface area contributed by atoms with Crippen molar-refractivity contribution >= 4 is 11.8 Å². The Labute approximate surface area is 169 Å². The fraction of sp³-hybridized carbons (Fsp3) is 0.350. The summed E-state index contributed by atoms with van der Waals surface area (Å²) in [5.74, 6) is -5.98. The second-order valence-corrected chi connectivity index (χ2v) is 7.06. The molecule has 10 heteroatoms. The van der Waals surface area contributed by atoms with E-state index in [1.54, 1.807) is 0 Å². The standard InChI is InChI=1S/C20H20F3N3O4/c1-2-3-4-11-8-26-9-13(17(27)18(28)16(26)20(30)25-11)19(29)24-7-12-14(22)5-10(21)6-15(12)23/h5-6,9,11,28H,2-4,7-8H2,1H3,(H,24,29)(H,25,30)/t11-/m0/s1. The van der Waals surface area contributed by atoms with Crippen LogP contribution in [0.3, 0.4) is 0 Å². The molecule has 0 radical (unpaired) electrons. The Hall–Kier alpha value is -3.30. The van der Waals surface area contributed by atoms with Gasteiger partial charge in [-0.15, -0.1) is 0 Å². The van der Waals surface area contributed by atoms with Gasteiger partial charge in [0.25, 0.3) is 11.8 Å². The van der Waals surface area contributed by atoms with Gasteiger partial charge in [0.05, 0.1) is 0 Å². The zero-order valence-corrected chi connectivity index (χ0v) is 16.1. The van der Waals surface area contributed by atoms with E-state index in [1.807, 2.05) is 6.92 Å². The van der Waals surface area contributed by atoms with Crippen LogP contribution in [0.4, 0.5) is 13.2 Å². The number of pyridine rings is 1. The molecular weight excluding hydrogens is 403 g/mol. The molecule has 2 heterocycles. The average Bonchev–Trinajstić information content (AvgIpc) is 2.67. The van der Waals surface area contributed by atoms with Crippen LogP contribution >= 0.6 is 0 Å². The lowest BCUT2D eigenvalue weighted by molar-refractivity contribution is 0.0884. The van der Waals surface area contributed by atoms with Crippen molar-refractivity contribution in [1.29, 1.82) is 0 Å². The van der Waals surface area contributed by atoms with Crippen LogP contribution in [0.25, 0.3) is 0 Å². The summed E-state index contributed by atoms with van der Waals surface area (Å²) in [5, 5.41) is 15.1. The van der Waals surface area contributed by atoms with Crippen molar-refractivity contribution in [2.24, 2.45) is 0 Å². The molecule has 3 rings (SSSR count). The summed E-state index contributed by atoms with van der Waals surface area (Å²) in [6, 6.07) is 0.712. The number of benzene rings is 1. The third-order valence-electron chi connectivity index (χ3n) is 4.91. The van der Waals surface area contributed by atoms with Crippen LogP contribution in [0.1, 0.15) is 52.6 Å². The van der Waals surface area contributed by atoms with E-state index in [-0.39, 0.29) is 18.3 Å². The molecule has 160 valence electrons. The van der Waals surface area contributed by atoms with Gasteiger partial charge in [-0.3, -0.25) is 14.4 Å². The Balaban J connectivity index is 1.86. The van der Waals surface area contributed by atoms with Gasteiger partial charge in [0.15, 0.2) is 11.4 Å². The van der Waals surface area contributed by atoms with E-state index in [9.17, 15) is 32.7 Å². The minimum absolute atomic E-state index is 0.231. The number of unbranched alkanes of at least 4 members (excludes halogenated alkanes) is 1. The van der Waals surface area contributed by atoms with Gasteiger partial charge >= 0.3 is 0 Å². The molecule has 2 amide bonds. The SMILES string of the molecule is CCCC[C@H]1Cn2cc(C(=O)NCc3c(F)cc(F)cc3F)c(=O)c(O)c2C(=O)N1. The summed E-state index contributed by atoms with van der Waals surface area (Å²) >= 11 is 0. The lowest BCUT2D eigenvalue weighted by Crippen LogP contribution is -2.46. The van der Waals surface area contributed by atoms with Gasteiger partial charge in [0.1, 0.15) is 23.0 Å². The molecule has 1 aromatic heterocycles. The molecule has 0 fully saturated rings. The number of carbonyl (C=O) groups is 2. The lowest BCUT2D eigenvalue weighted by Gasteiger charge is -2.28. The van der Waals surface area contributed by atoms with Gasteiger partial charge in [-0.05, 0) is 6.42 Å². The number of halogens is 3. The summed E-state index contributed by atoms with van der Waals surface area (Å²) in [5.41, 5.74) is -2.39. The highest BCUT2D eigenvalue weighted by atomic mass is 19.1. The molecule has 1 atom stereocenters. The van der Waals surface area contributed by atoms with Crippen LogP contribution in [0.15, 0.2) is 23.1 Å². The first-order valence-electron chi connectivity index (χ1n) is 9.41. The van der Waals surface area contributed by atoms with E-state index in [0.717, 1.165) is 19.0 Å². The number of rotatable bonds is 6. The zero-order chi connectivity index (χ0) is 22.0. The van der Waals surface area contributed by atoms with Crippen LogP contribution in [-0.4, -0.2) is 27.5 Å². The molecule has 0 bridgehead atoms. The maximum Gasteiger partial charge on any atom is 0.272 e. The normalized spacial score (nSPS) is 15.5. The monoisotopic (exact) mass is 423 g/mol. The van der Waals surface area contributed by atoms with E-state index in [4.69, 9.17) is 0 Å². The Bertz CT molecular complexity index is 1040. The number of hydrogen-bond donors (Lipinski definition) is 3. The highest BCUT2D eigenvalue weighted by Crippen LogP contribution is 2.20. The molecule has 7 nitrogen and oxygen atoms in total. The van der Waals surface area contributed by atoms with Gasteiger partial charge in [-0.25, -0.2) is 13.2 Å². The molecule has 1 aliphatic rings. The predicted molar refractivity (Wildman–Crippen MR) is 101 cm³/mol. The van der Waals surface area contributed by atoms with E-state index in [1.165, 1.54) is 4.57 Å². The van der Waals surface area contributed by atoms with Gasteiger partial charge in [-0.2, -0.15) is 0 Å². The minimum Gasteiger partial charge on any atom is -0.503 e. The summed E-state index contributed by atoms with van der Waals surface area (Å²) in [4.78, 5) is 37.1. The number of hydrogen-bond acceptors (Lipinski definition) is 4. The summed E-state index contributed by atoms with van der Waals surface area (Å²) in [6.45, 7) is 1.60. The summed E-state index contributed by atoms with van der Waals surface area (Å²) in [6.07, 6.45) is 3.59. The second kappa shape index (κ2) is 8.60. The molecule has 0 saturated heterocycles. The lowest BCUT2D eigenvalue weighted by atomic mass is 10.1. The molecular formula is C20H20F3N3O4. The highest BCUT2D eigenvalue weighted by molar-refractivity contribution is 5.99. The van der Waals surface area contributed by atoms with Crippen molar-refractivity contribution in [3.05, 3.63) is 62.8 Å². The molecule has 0 spiro atoms. The first-order valence-corrected chi connectivity index (χ1v) is 9.41. The molecule has 0 saturated carbocycles. The van der Waals surface area contributed by atoms with Crippen LogP contribution in [-0.2, 0) is 13.1 Å². The van der Waals surface area contributed by atoms with Crippen molar-refractivity contribution < 1.29 is 27.9 Å². The molecule has 0 unspecified atom stereocenters. The van der Waals surface area contributed by atoms with Gasteiger partial charge in [0.2, 0.25) is 5.43 Å². The fourth-order valence-corrected chi connectivity index (χ4v) is 3.35. The smallest absolute Gasteiger partial charge is 0.272 e. The van der Waals surface area contributed by atoms with Crippen molar-refractivity contribution in [3.63, 3.8) is 0 Å². The minimum atomic E-state index is -1.19. The van der Waals surface area contributed by atoms with E-state index >= 15 is 0 Å². The number of carbonyl (C=O) groups excluding carboxylic acids is 2. The quantitative estimate of drug-likeness (QED) is 0.663. The summed E-state index contributed by atoms with van der Waals surface area (Å²) < 4.78 is 41.8. The molecule has 2 aromatic rings. The molecule has 30 heavy (non-hydrogen) atoms. The Morgan fingerprint density at radius 3 is 2.57 bits per heavy atom. The highest BCUT2D eigenvalue weighted by Gasteiger charge is 2.30. The average molecular weight is 423 g/mol. The maximum absolute atomic E-state index is 13.7. The molecule has 1 aromatic carbocycles. The van der Waals surface area contributed by atoms with Crippen molar-refractivity contribution in [2.45, 2.75) is 45.3 Å². The van der Waals surface area contributed by atoms with Crippen molar-refractivity contribution in [1.82, 2.24) is 15.2 Å². The number of aromatic nitrogens is 1. The van der Waals surface area contributed by atoms with Crippen molar-refractivity contribution in [2.75, 3.05) is 0 Å². The predicted octanol–water partition coefficient (Wildman–Crippen LogP) is 2.20. The van der Waals surface area contributed by atoms with E-state index in [0.29, 0.717) is 18.6 Å². The Morgan fingerprint density at radius 1 is 1.27 bits per heavy atom. The van der Waals surface area contributed by atoms with E-state index in [2.05, 4.69) is 10.6 Å². The van der Waals surface area contributed by atoms with Crippen LogP contribution in [0, 0.1) is 17.5 Å². The summed E-state index contributed by atoms with van der Waals surface area (Å²) in [7, 11) is 0. The first-order chi connectivity index (χ1) is 14.2. The first kappa shape index (κ1) is 21.4. The third kappa shape index (κ3) is 4.17. The Morgan fingerprint density at radius 2 is 1.93 bits per heavy atom. The molecule has 1 aliphatic heterocycles. The topological polar surface area (TPSA) is 100 Å². The van der Waals surface area contributed by atoms with Crippen LogP contribution < -0.4 is 16.1 Å². The fourth-order valence-electron chi connectivity index (χ4n) is 3.35. The molecule has 3 N–H and O–H groups in total. The van der Waals surface area contributed by atoms with Crippen LogP contribution in [0.2, 0.25) is 0 Å². The maximum atomic E-state index is 13.7. The van der Waals surface area contributed by atoms with Gasteiger partial charge in [0, 0.05) is 43.0 Å². The number of nitrogens with zero attached hydrogens (tertiary/aromatic N) is 1. The third-order valence-corrected chi connectivity index (χ3v) is 4.91. The zero-order valence-electron chi connectivity index (χ0n) is 16.1. The Kier molecular flexibility index (Phi) is 6.14. The largest absolute Gasteiger partial charge is 0.503 e. The van der Waals surface area contributed by atoms with Crippen LogP contribution in [0.5, 0.6) is 5.75 Å². The van der Waals surface area contributed by atoms with Gasteiger partial charge < -0.3 is 20.3 Å². The second-order valence-electron chi connectivity index (χ2n) is 7.06.